The lowest BCUT2D eigenvalue weighted by Crippen LogP contribution is -2.37. The van der Waals surface area contributed by atoms with Crippen LogP contribution in [0.15, 0.2) is 6.07 Å². The molecule has 1 aliphatic carbocycles. The third-order valence-electron chi connectivity index (χ3n) is 3.65. The Balaban J connectivity index is 1.88. The van der Waals surface area contributed by atoms with Gasteiger partial charge in [-0.1, -0.05) is 19.8 Å². The fraction of sp³-hybridized carbons (Fsp3) is 0.667. The van der Waals surface area contributed by atoms with Crippen LogP contribution in [0, 0.1) is 0 Å². The Hall–Kier alpha value is -0.870. The summed E-state index contributed by atoms with van der Waals surface area (Å²) in [6.07, 6.45) is 6.76. The number of methoxy groups -OCH3 is 1. The van der Waals surface area contributed by atoms with Crippen LogP contribution in [0.1, 0.15) is 47.9 Å². The van der Waals surface area contributed by atoms with Crippen LogP contribution in [0.4, 0.5) is 0 Å². The molecule has 1 heterocycles. The predicted octanol–water partition coefficient (Wildman–Crippen LogP) is 3.06. The number of carbonyl (C=O) groups is 1. The Morgan fingerprint density at radius 1 is 1.53 bits per heavy atom. The van der Waals surface area contributed by atoms with Gasteiger partial charge in [-0.25, -0.2) is 0 Å². The molecule has 0 fully saturated rings. The SMILES string of the molecule is CCCCC(NCc1cc2c(s1)CCC2)C(=O)OC. The molecule has 0 saturated carbocycles. The first-order valence-electron chi connectivity index (χ1n) is 7.16. The Morgan fingerprint density at radius 2 is 2.37 bits per heavy atom. The number of esters is 1. The van der Waals surface area contributed by atoms with E-state index in [-0.39, 0.29) is 12.0 Å². The molecule has 1 aromatic rings. The van der Waals surface area contributed by atoms with E-state index in [1.807, 2.05) is 11.3 Å². The maximum atomic E-state index is 11.7. The van der Waals surface area contributed by atoms with Crippen LogP contribution in [0.5, 0.6) is 0 Å². The molecule has 0 spiro atoms. The third kappa shape index (κ3) is 3.80. The van der Waals surface area contributed by atoms with Crippen molar-refractivity contribution in [2.45, 2.75) is 58.0 Å². The van der Waals surface area contributed by atoms with E-state index >= 15 is 0 Å². The fourth-order valence-corrected chi connectivity index (χ4v) is 3.77. The topological polar surface area (TPSA) is 38.3 Å². The third-order valence-corrected chi connectivity index (χ3v) is 4.89. The van der Waals surface area contributed by atoms with E-state index in [0.717, 1.165) is 25.8 Å². The van der Waals surface area contributed by atoms with Crippen LogP contribution in [-0.4, -0.2) is 19.1 Å². The Bertz CT molecular complexity index is 406. The molecule has 0 saturated heterocycles. The van der Waals surface area contributed by atoms with Gasteiger partial charge in [0.05, 0.1) is 7.11 Å². The van der Waals surface area contributed by atoms with Gasteiger partial charge in [-0.15, -0.1) is 11.3 Å². The normalized spacial score (nSPS) is 15.3. The van der Waals surface area contributed by atoms with Crippen LogP contribution < -0.4 is 5.32 Å². The van der Waals surface area contributed by atoms with Crippen molar-refractivity contribution in [3.63, 3.8) is 0 Å². The number of unbranched alkanes of at least 4 members (excludes halogenated alkanes) is 1. The molecule has 0 aliphatic heterocycles. The molecule has 0 amide bonds. The first kappa shape index (κ1) is 14.5. The van der Waals surface area contributed by atoms with Gasteiger partial charge in [0, 0.05) is 16.3 Å². The molecule has 19 heavy (non-hydrogen) atoms. The lowest BCUT2D eigenvalue weighted by molar-refractivity contribution is -0.143. The quantitative estimate of drug-likeness (QED) is 0.781. The molecule has 4 heteroatoms. The van der Waals surface area contributed by atoms with Crippen molar-refractivity contribution in [2.24, 2.45) is 0 Å². The summed E-state index contributed by atoms with van der Waals surface area (Å²) in [5.74, 6) is -0.141. The zero-order valence-corrected chi connectivity index (χ0v) is 12.6. The number of nitrogens with one attached hydrogen (secondary N) is 1. The van der Waals surface area contributed by atoms with Gasteiger partial charge in [0.15, 0.2) is 0 Å². The second-order valence-corrected chi connectivity index (χ2v) is 6.33. The second-order valence-electron chi connectivity index (χ2n) is 5.11. The van der Waals surface area contributed by atoms with Crippen LogP contribution in [0.25, 0.3) is 0 Å². The minimum Gasteiger partial charge on any atom is -0.468 e. The van der Waals surface area contributed by atoms with Crippen molar-refractivity contribution < 1.29 is 9.53 Å². The molecule has 1 aromatic heterocycles. The molecule has 1 aliphatic rings. The van der Waals surface area contributed by atoms with Crippen molar-refractivity contribution in [1.82, 2.24) is 5.32 Å². The van der Waals surface area contributed by atoms with Crippen LogP contribution in [-0.2, 0) is 28.9 Å². The maximum absolute atomic E-state index is 11.7. The minimum atomic E-state index is -0.165. The molecular weight excluding hydrogens is 258 g/mol. The standard InChI is InChI=1S/C15H23NO2S/c1-3-4-7-13(15(17)18-2)16-10-12-9-11-6-5-8-14(11)19-12/h9,13,16H,3-8,10H2,1-2H3. The van der Waals surface area contributed by atoms with Gasteiger partial charge in [0.1, 0.15) is 6.04 Å². The van der Waals surface area contributed by atoms with E-state index in [1.54, 1.807) is 4.88 Å². The zero-order chi connectivity index (χ0) is 13.7. The highest BCUT2D eigenvalue weighted by molar-refractivity contribution is 7.12. The number of aryl methyl sites for hydroxylation is 2. The van der Waals surface area contributed by atoms with Crippen LogP contribution >= 0.6 is 11.3 Å². The monoisotopic (exact) mass is 281 g/mol. The highest BCUT2D eigenvalue weighted by atomic mass is 32.1. The summed E-state index contributed by atoms with van der Waals surface area (Å²) in [7, 11) is 1.46. The van der Waals surface area contributed by atoms with E-state index in [9.17, 15) is 4.79 Å². The summed E-state index contributed by atoms with van der Waals surface area (Å²) in [4.78, 5) is 14.6. The summed E-state index contributed by atoms with van der Waals surface area (Å²) in [5, 5.41) is 3.35. The first-order valence-corrected chi connectivity index (χ1v) is 7.98. The van der Waals surface area contributed by atoms with Gasteiger partial charge in [0.25, 0.3) is 0 Å². The smallest absolute Gasteiger partial charge is 0.322 e. The second kappa shape index (κ2) is 7.06. The Morgan fingerprint density at radius 3 is 3.05 bits per heavy atom. The number of thiophene rings is 1. The molecular formula is C15H23NO2S. The highest BCUT2D eigenvalue weighted by Gasteiger charge is 2.19. The predicted molar refractivity (Wildman–Crippen MR) is 78.5 cm³/mol. The minimum absolute atomic E-state index is 0.141. The Labute approximate surface area is 119 Å². The van der Waals surface area contributed by atoms with Crippen molar-refractivity contribution >= 4 is 17.3 Å². The molecule has 106 valence electrons. The molecule has 3 nitrogen and oxygen atoms in total. The summed E-state index contributed by atoms with van der Waals surface area (Å²) in [6, 6.07) is 2.13. The first-order chi connectivity index (χ1) is 9.24. The number of hydrogen-bond acceptors (Lipinski definition) is 4. The lowest BCUT2D eigenvalue weighted by atomic mass is 10.1. The van der Waals surface area contributed by atoms with Gasteiger partial charge < -0.3 is 4.74 Å². The maximum Gasteiger partial charge on any atom is 0.322 e. The van der Waals surface area contributed by atoms with Crippen LogP contribution in [0.2, 0.25) is 0 Å². The summed E-state index contributed by atoms with van der Waals surface area (Å²) in [6.45, 7) is 2.92. The van der Waals surface area contributed by atoms with Gasteiger partial charge >= 0.3 is 5.97 Å². The molecule has 2 rings (SSSR count). The highest BCUT2D eigenvalue weighted by Crippen LogP contribution is 2.30. The van der Waals surface area contributed by atoms with Gasteiger partial charge in [0.2, 0.25) is 0 Å². The van der Waals surface area contributed by atoms with Gasteiger partial charge in [-0.2, -0.15) is 0 Å². The molecule has 0 radical (unpaired) electrons. The van der Waals surface area contributed by atoms with Crippen molar-refractivity contribution in [2.75, 3.05) is 7.11 Å². The number of fused-ring (bicyclic) bond motifs is 1. The molecule has 1 N–H and O–H groups in total. The van der Waals surface area contributed by atoms with Crippen molar-refractivity contribution in [3.05, 3.63) is 21.4 Å². The molecule has 1 atom stereocenters. The van der Waals surface area contributed by atoms with Crippen molar-refractivity contribution in [1.29, 1.82) is 0 Å². The molecule has 0 bridgehead atoms. The van der Waals surface area contributed by atoms with Gasteiger partial charge in [-0.3, -0.25) is 10.1 Å². The lowest BCUT2D eigenvalue weighted by Gasteiger charge is -2.15. The summed E-state index contributed by atoms with van der Waals surface area (Å²) >= 11 is 1.89. The average molecular weight is 281 g/mol. The number of ether oxygens (including phenoxy) is 1. The van der Waals surface area contributed by atoms with E-state index in [1.165, 1.54) is 36.8 Å². The summed E-state index contributed by atoms with van der Waals surface area (Å²) < 4.78 is 4.86. The largest absolute Gasteiger partial charge is 0.468 e. The number of rotatable bonds is 7. The van der Waals surface area contributed by atoms with E-state index in [4.69, 9.17) is 4.74 Å². The van der Waals surface area contributed by atoms with Crippen molar-refractivity contribution in [3.8, 4) is 0 Å². The van der Waals surface area contributed by atoms with E-state index in [0.29, 0.717) is 0 Å². The number of carbonyl (C=O) groups excluding carboxylic acids is 1. The molecule has 1 unspecified atom stereocenters. The summed E-state index contributed by atoms with van der Waals surface area (Å²) in [5.41, 5.74) is 1.52. The van der Waals surface area contributed by atoms with Gasteiger partial charge in [-0.05, 0) is 37.3 Å². The number of hydrogen-bond donors (Lipinski definition) is 1. The van der Waals surface area contributed by atoms with Crippen LogP contribution in [0.3, 0.4) is 0 Å². The Kier molecular flexibility index (Phi) is 5.40. The average Bonchev–Trinajstić information content (AvgIpc) is 2.98. The van der Waals surface area contributed by atoms with E-state index < -0.39 is 0 Å². The molecule has 0 aromatic carbocycles. The zero-order valence-electron chi connectivity index (χ0n) is 11.8. The fourth-order valence-electron chi connectivity index (χ4n) is 2.56. The van der Waals surface area contributed by atoms with E-state index in [2.05, 4.69) is 18.3 Å².